The second-order valence-electron chi connectivity index (χ2n) is 5.32. The van der Waals surface area contributed by atoms with E-state index in [0.717, 1.165) is 17.0 Å². The summed E-state index contributed by atoms with van der Waals surface area (Å²) in [5.41, 5.74) is 1.72. The summed E-state index contributed by atoms with van der Waals surface area (Å²) in [6.45, 7) is 0.236. The number of ether oxygens (including phenoxy) is 2. The maximum absolute atomic E-state index is 12.4. The van der Waals surface area contributed by atoms with E-state index in [2.05, 4.69) is 4.99 Å². The van der Waals surface area contributed by atoms with Gasteiger partial charge in [-0.15, -0.1) is 0 Å². The molecule has 0 N–H and O–H groups in total. The van der Waals surface area contributed by atoms with Crippen molar-refractivity contribution in [2.75, 3.05) is 13.8 Å². The van der Waals surface area contributed by atoms with Crippen LogP contribution >= 0.6 is 11.8 Å². The standard InChI is InChI=1S/C18H14N2O3S/c1-20-17(21)16(24-18(20)19-13-5-3-2-4-6-13)10-12-7-8-14-15(9-12)23-11-22-14/h2-10H,11H2,1H3. The van der Waals surface area contributed by atoms with Crippen molar-refractivity contribution in [1.29, 1.82) is 0 Å². The highest BCUT2D eigenvalue weighted by Crippen LogP contribution is 2.36. The molecule has 5 nitrogen and oxygen atoms in total. The van der Waals surface area contributed by atoms with E-state index in [4.69, 9.17) is 9.47 Å². The molecule has 6 heteroatoms. The maximum Gasteiger partial charge on any atom is 0.266 e. The van der Waals surface area contributed by atoms with E-state index in [1.165, 1.54) is 11.8 Å². The van der Waals surface area contributed by atoms with Gasteiger partial charge in [0.05, 0.1) is 10.6 Å². The Kier molecular flexibility index (Phi) is 3.74. The molecule has 1 fully saturated rings. The van der Waals surface area contributed by atoms with Crippen LogP contribution in [0.2, 0.25) is 0 Å². The lowest BCUT2D eigenvalue weighted by Crippen LogP contribution is -2.23. The Morgan fingerprint density at radius 1 is 1.12 bits per heavy atom. The normalized spacial score (nSPS) is 19.5. The van der Waals surface area contributed by atoms with Crippen molar-refractivity contribution >= 4 is 34.6 Å². The minimum atomic E-state index is -0.0626. The number of hydrogen-bond donors (Lipinski definition) is 0. The van der Waals surface area contributed by atoms with Crippen LogP contribution in [0.4, 0.5) is 5.69 Å². The van der Waals surface area contributed by atoms with Crippen molar-refractivity contribution in [3.8, 4) is 11.5 Å². The third-order valence-corrected chi connectivity index (χ3v) is 4.74. The van der Waals surface area contributed by atoms with Crippen molar-refractivity contribution in [2.45, 2.75) is 0 Å². The molecule has 0 aliphatic carbocycles. The molecular formula is C18H14N2O3S. The van der Waals surface area contributed by atoms with Gasteiger partial charge in [0.1, 0.15) is 0 Å². The third-order valence-electron chi connectivity index (χ3n) is 3.68. The number of thioether (sulfide) groups is 1. The van der Waals surface area contributed by atoms with Gasteiger partial charge in [0.2, 0.25) is 6.79 Å². The number of benzene rings is 2. The number of fused-ring (bicyclic) bond motifs is 1. The quantitative estimate of drug-likeness (QED) is 0.784. The second-order valence-corrected chi connectivity index (χ2v) is 6.33. The van der Waals surface area contributed by atoms with E-state index in [-0.39, 0.29) is 12.7 Å². The monoisotopic (exact) mass is 338 g/mol. The molecule has 2 aromatic rings. The molecule has 0 atom stereocenters. The molecule has 2 aliphatic heterocycles. The van der Waals surface area contributed by atoms with Gasteiger partial charge in [-0.2, -0.15) is 0 Å². The topological polar surface area (TPSA) is 51.1 Å². The fraction of sp³-hybridized carbons (Fsp3) is 0.111. The van der Waals surface area contributed by atoms with Crippen LogP contribution in [0.5, 0.6) is 11.5 Å². The fourth-order valence-corrected chi connectivity index (χ4v) is 3.41. The first-order valence-electron chi connectivity index (χ1n) is 7.42. The number of likely N-dealkylation sites (N-methyl/N-ethyl adjacent to an activating group) is 1. The lowest BCUT2D eigenvalue weighted by molar-refractivity contribution is -0.121. The van der Waals surface area contributed by atoms with E-state index in [9.17, 15) is 4.79 Å². The molecule has 0 saturated carbocycles. The number of amidine groups is 1. The van der Waals surface area contributed by atoms with Crippen molar-refractivity contribution in [3.05, 3.63) is 59.0 Å². The largest absolute Gasteiger partial charge is 0.454 e. The Morgan fingerprint density at radius 3 is 2.75 bits per heavy atom. The number of carbonyl (C=O) groups is 1. The number of hydrogen-bond acceptors (Lipinski definition) is 5. The Labute approximate surface area is 143 Å². The fourth-order valence-electron chi connectivity index (χ4n) is 2.42. The van der Waals surface area contributed by atoms with Crippen LogP contribution in [0.1, 0.15) is 5.56 Å². The zero-order valence-electron chi connectivity index (χ0n) is 12.9. The first-order chi connectivity index (χ1) is 11.7. The highest BCUT2D eigenvalue weighted by atomic mass is 32.2. The molecule has 1 saturated heterocycles. The number of carbonyl (C=O) groups excluding carboxylic acids is 1. The van der Waals surface area contributed by atoms with Crippen molar-refractivity contribution in [3.63, 3.8) is 0 Å². The number of aliphatic imine (C=N–C) groups is 1. The Hall–Kier alpha value is -2.73. The van der Waals surface area contributed by atoms with Crippen LogP contribution in [0, 0.1) is 0 Å². The summed E-state index contributed by atoms with van der Waals surface area (Å²) in [7, 11) is 1.73. The molecule has 0 unspecified atom stereocenters. The number of rotatable bonds is 2. The lowest BCUT2D eigenvalue weighted by atomic mass is 10.2. The van der Waals surface area contributed by atoms with Crippen LogP contribution in [0.3, 0.4) is 0 Å². The summed E-state index contributed by atoms with van der Waals surface area (Å²) in [5.74, 6) is 1.37. The molecule has 0 aromatic heterocycles. The minimum Gasteiger partial charge on any atom is -0.454 e. The predicted molar refractivity (Wildman–Crippen MR) is 94.4 cm³/mol. The molecule has 0 radical (unpaired) electrons. The molecule has 2 heterocycles. The van der Waals surface area contributed by atoms with Gasteiger partial charge >= 0.3 is 0 Å². The van der Waals surface area contributed by atoms with Crippen LogP contribution in [0.25, 0.3) is 6.08 Å². The summed E-state index contributed by atoms with van der Waals surface area (Å²) in [4.78, 5) is 19.2. The Bertz CT molecular complexity index is 862. The van der Waals surface area contributed by atoms with Gasteiger partial charge in [-0.25, -0.2) is 4.99 Å². The van der Waals surface area contributed by atoms with E-state index in [0.29, 0.717) is 15.8 Å². The molecule has 2 aromatic carbocycles. The molecule has 120 valence electrons. The first-order valence-corrected chi connectivity index (χ1v) is 8.23. The molecule has 4 rings (SSSR count). The number of amides is 1. The van der Waals surface area contributed by atoms with Gasteiger partial charge in [0, 0.05) is 7.05 Å². The average Bonchev–Trinajstić information content (AvgIpc) is 3.16. The SMILES string of the molecule is CN1C(=O)C(=Cc2ccc3c(c2)OCO3)SC1=Nc1ccccc1. The smallest absolute Gasteiger partial charge is 0.266 e. The number of para-hydroxylation sites is 1. The summed E-state index contributed by atoms with van der Waals surface area (Å²) >= 11 is 1.37. The van der Waals surface area contributed by atoms with Crippen molar-refractivity contribution in [1.82, 2.24) is 4.90 Å². The van der Waals surface area contributed by atoms with Gasteiger partial charge in [0.25, 0.3) is 5.91 Å². The first kappa shape index (κ1) is 14.8. The third kappa shape index (κ3) is 2.76. The summed E-state index contributed by atoms with van der Waals surface area (Å²) in [6.07, 6.45) is 1.85. The van der Waals surface area contributed by atoms with Gasteiger partial charge in [-0.05, 0) is 47.7 Å². The Balaban J connectivity index is 1.62. The zero-order valence-corrected chi connectivity index (χ0v) is 13.7. The lowest BCUT2D eigenvalue weighted by Gasteiger charge is -2.06. The molecule has 0 spiro atoms. The van der Waals surface area contributed by atoms with Gasteiger partial charge in [-0.3, -0.25) is 9.69 Å². The molecule has 24 heavy (non-hydrogen) atoms. The molecule has 2 aliphatic rings. The Morgan fingerprint density at radius 2 is 1.92 bits per heavy atom. The van der Waals surface area contributed by atoms with Crippen LogP contribution in [-0.4, -0.2) is 29.8 Å². The van der Waals surface area contributed by atoms with Gasteiger partial charge < -0.3 is 9.47 Å². The molecule has 1 amide bonds. The van der Waals surface area contributed by atoms with Crippen LogP contribution < -0.4 is 9.47 Å². The van der Waals surface area contributed by atoms with E-state index >= 15 is 0 Å². The highest BCUT2D eigenvalue weighted by molar-refractivity contribution is 8.18. The van der Waals surface area contributed by atoms with Gasteiger partial charge in [0.15, 0.2) is 16.7 Å². The van der Waals surface area contributed by atoms with Crippen molar-refractivity contribution < 1.29 is 14.3 Å². The van der Waals surface area contributed by atoms with Gasteiger partial charge in [-0.1, -0.05) is 24.3 Å². The molecular weight excluding hydrogens is 324 g/mol. The van der Waals surface area contributed by atoms with E-state index in [1.54, 1.807) is 11.9 Å². The van der Waals surface area contributed by atoms with E-state index < -0.39 is 0 Å². The minimum absolute atomic E-state index is 0.0626. The summed E-state index contributed by atoms with van der Waals surface area (Å²) in [6, 6.07) is 15.2. The maximum atomic E-state index is 12.4. The second kappa shape index (κ2) is 6.05. The van der Waals surface area contributed by atoms with Crippen molar-refractivity contribution in [2.24, 2.45) is 4.99 Å². The summed E-state index contributed by atoms with van der Waals surface area (Å²) in [5, 5.41) is 0.665. The molecule has 0 bridgehead atoms. The predicted octanol–water partition coefficient (Wildman–Crippen LogP) is 3.65. The highest BCUT2D eigenvalue weighted by Gasteiger charge is 2.30. The van der Waals surface area contributed by atoms with Crippen LogP contribution in [-0.2, 0) is 4.79 Å². The summed E-state index contributed by atoms with van der Waals surface area (Å²) < 4.78 is 10.7. The number of nitrogens with zero attached hydrogens (tertiary/aromatic N) is 2. The zero-order chi connectivity index (χ0) is 16.5. The van der Waals surface area contributed by atoms with Crippen LogP contribution in [0.15, 0.2) is 58.4 Å². The van der Waals surface area contributed by atoms with E-state index in [1.807, 2.05) is 54.6 Å². The average molecular weight is 338 g/mol.